The number of rotatable bonds is 4. The lowest BCUT2D eigenvalue weighted by Gasteiger charge is -2.30. The molecule has 1 unspecified atom stereocenters. The average Bonchev–Trinajstić information content (AvgIpc) is 2.86. The van der Waals surface area contributed by atoms with Gasteiger partial charge in [0.25, 0.3) is 0 Å². The molecule has 1 aromatic heterocycles. The molecule has 3 rings (SSSR count). The molecule has 0 spiro atoms. The third-order valence-corrected chi connectivity index (χ3v) is 4.86. The summed E-state index contributed by atoms with van der Waals surface area (Å²) >= 11 is 0. The molecule has 1 aliphatic rings. The molecule has 21 heavy (non-hydrogen) atoms. The van der Waals surface area contributed by atoms with Crippen molar-refractivity contribution >= 4 is 11.0 Å². The predicted octanol–water partition coefficient (Wildman–Crippen LogP) is 3.94. The first-order chi connectivity index (χ1) is 10.2. The zero-order valence-electron chi connectivity index (χ0n) is 12.9. The van der Waals surface area contributed by atoms with Gasteiger partial charge in [0, 0.05) is 18.0 Å². The number of benzene rings is 1. The molecular weight excluding hydrogens is 262 g/mol. The molecular formula is C18H25NO2. The van der Waals surface area contributed by atoms with Gasteiger partial charge < -0.3 is 14.8 Å². The Hall–Kier alpha value is -1.32. The van der Waals surface area contributed by atoms with E-state index >= 15 is 0 Å². The Morgan fingerprint density at radius 3 is 2.62 bits per heavy atom. The first-order valence-corrected chi connectivity index (χ1v) is 8.04. The van der Waals surface area contributed by atoms with Gasteiger partial charge in [-0.1, -0.05) is 18.2 Å². The number of aliphatic hydroxyl groups is 1. The molecule has 2 N–H and O–H groups in total. The standard InChI is InChI=1S/C18H25NO2/c1-12-16-5-3-4-6-17(16)21-18(12)13(2)19-15-9-7-14(11-20)8-10-15/h3-6,13-15,19-20H,7-11H2,1-2H3. The number of nitrogens with one attached hydrogen (secondary N) is 1. The molecule has 2 aromatic rings. The lowest BCUT2D eigenvalue weighted by molar-refractivity contribution is 0.171. The summed E-state index contributed by atoms with van der Waals surface area (Å²) in [4.78, 5) is 0. The highest BCUT2D eigenvalue weighted by Gasteiger charge is 2.24. The molecule has 1 atom stereocenters. The van der Waals surface area contributed by atoms with Crippen LogP contribution >= 0.6 is 0 Å². The fourth-order valence-corrected chi connectivity index (χ4v) is 3.55. The maximum atomic E-state index is 9.22. The summed E-state index contributed by atoms with van der Waals surface area (Å²) in [6.45, 7) is 4.66. The van der Waals surface area contributed by atoms with Crippen LogP contribution in [0.5, 0.6) is 0 Å². The Balaban J connectivity index is 1.70. The second-order valence-corrected chi connectivity index (χ2v) is 6.38. The van der Waals surface area contributed by atoms with Crippen LogP contribution in [0, 0.1) is 12.8 Å². The zero-order chi connectivity index (χ0) is 14.8. The van der Waals surface area contributed by atoms with Crippen LogP contribution < -0.4 is 5.32 Å². The van der Waals surface area contributed by atoms with Crippen LogP contribution in [0.2, 0.25) is 0 Å². The van der Waals surface area contributed by atoms with Gasteiger partial charge in [-0.05, 0) is 57.1 Å². The number of furan rings is 1. The van der Waals surface area contributed by atoms with Crippen molar-refractivity contribution in [3.63, 3.8) is 0 Å². The Kier molecular flexibility index (Phi) is 4.32. The normalized spacial score (nSPS) is 24.3. The molecule has 114 valence electrons. The lowest BCUT2D eigenvalue weighted by atomic mass is 9.86. The van der Waals surface area contributed by atoms with E-state index in [1.807, 2.05) is 12.1 Å². The van der Waals surface area contributed by atoms with Crippen molar-refractivity contribution in [3.8, 4) is 0 Å². The lowest BCUT2D eigenvalue weighted by Crippen LogP contribution is -2.35. The highest BCUT2D eigenvalue weighted by molar-refractivity contribution is 5.82. The minimum absolute atomic E-state index is 0.230. The van der Waals surface area contributed by atoms with Crippen molar-refractivity contribution in [2.45, 2.75) is 51.6 Å². The number of hydrogen-bond acceptors (Lipinski definition) is 3. The minimum Gasteiger partial charge on any atom is -0.459 e. The summed E-state index contributed by atoms with van der Waals surface area (Å²) in [5.74, 6) is 1.56. The summed E-state index contributed by atoms with van der Waals surface area (Å²) in [6, 6.07) is 9.00. The maximum absolute atomic E-state index is 9.22. The average molecular weight is 287 g/mol. The van der Waals surface area contributed by atoms with Crippen molar-refractivity contribution in [1.82, 2.24) is 5.32 Å². The Labute approximate surface area is 126 Å². The van der Waals surface area contributed by atoms with Crippen LogP contribution in [-0.2, 0) is 0 Å². The van der Waals surface area contributed by atoms with Crippen LogP contribution in [0.1, 0.15) is 50.0 Å². The molecule has 0 radical (unpaired) electrons. The molecule has 1 aromatic carbocycles. The van der Waals surface area contributed by atoms with E-state index in [0.717, 1.165) is 37.0 Å². The van der Waals surface area contributed by atoms with E-state index in [9.17, 15) is 5.11 Å². The van der Waals surface area contributed by atoms with E-state index in [1.165, 1.54) is 10.9 Å². The fourth-order valence-electron chi connectivity index (χ4n) is 3.55. The van der Waals surface area contributed by atoms with Gasteiger partial charge in [-0.3, -0.25) is 0 Å². The van der Waals surface area contributed by atoms with Crippen LogP contribution in [0.25, 0.3) is 11.0 Å². The highest BCUT2D eigenvalue weighted by atomic mass is 16.3. The summed E-state index contributed by atoms with van der Waals surface area (Å²) < 4.78 is 6.04. The van der Waals surface area contributed by atoms with E-state index in [2.05, 4.69) is 31.3 Å². The Morgan fingerprint density at radius 1 is 1.24 bits per heavy atom. The summed E-state index contributed by atoms with van der Waals surface area (Å²) in [6.07, 6.45) is 4.55. The van der Waals surface area contributed by atoms with E-state index in [4.69, 9.17) is 4.42 Å². The van der Waals surface area contributed by atoms with Gasteiger partial charge in [0.05, 0.1) is 6.04 Å². The van der Waals surface area contributed by atoms with Crippen LogP contribution in [0.4, 0.5) is 0 Å². The smallest absolute Gasteiger partial charge is 0.134 e. The predicted molar refractivity (Wildman–Crippen MR) is 85.3 cm³/mol. The monoisotopic (exact) mass is 287 g/mol. The number of aryl methyl sites for hydroxylation is 1. The molecule has 3 heteroatoms. The molecule has 1 fully saturated rings. The first kappa shape index (κ1) is 14.6. The van der Waals surface area contributed by atoms with Gasteiger partial charge >= 0.3 is 0 Å². The SMILES string of the molecule is Cc1c(C(C)NC2CCC(CO)CC2)oc2ccccc12. The fraction of sp³-hybridized carbons (Fsp3) is 0.556. The quantitative estimate of drug-likeness (QED) is 0.895. The van der Waals surface area contributed by atoms with E-state index in [0.29, 0.717) is 18.6 Å². The summed E-state index contributed by atoms with van der Waals surface area (Å²) in [5, 5.41) is 14.1. The molecule has 1 saturated carbocycles. The molecule has 1 heterocycles. The Morgan fingerprint density at radius 2 is 1.95 bits per heavy atom. The highest BCUT2D eigenvalue weighted by Crippen LogP contribution is 2.31. The van der Waals surface area contributed by atoms with Crippen molar-refractivity contribution in [2.75, 3.05) is 6.61 Å². The van der Waals surface area contributed by atoms with Gasteiger partial charge in [0.2, 0.25) is 0 Å². The minimum atomic E-state index is 0.230. The third-order valence-electron chi connectivity index (χ3n) is 4.86. The van der Waals surface area contributed by atoms with Crippen molar-refractivity contribution in [3.05, 3.63) is 35.6 Å². The van der Waals surface area contributed by atoms with Crippen LogP contribution in [-0.4, -0.2) is 17.8 Å². The van der Waals surface area contributed by atoms with E-state index in [-0.39, 0.29) is 6.04 Å². The maximum Gasteiger partial charge on any atom is 0.134 e. The van der Waals surface area contributed by atoms with Crippen molar-refractivity contribution in [2.24, 2.45) is 5.92 Å². The number of para-hydroxylation sites is 1. The second-order valence-electron chi connectivity index (χ2n) is 6.38. The molecule has 0 saturated heterocycles. The van der Waals surface area contributed by atoms with Gasteiger partial charge in [0.1, 0.15) is 11.3 Å². The summed E-state index contributed by atoms with van der Waals surface area (Å²) in [5.41, 5.74) is 2.22. The number of hydrogen-bond donors (Lipinski definition) is 2. The second kappa shape index (κ2) is 6.20. The van der Waals surface area contributed by atoms with Gasteiger partial charge in [-0.15, -0.1) is 0 Å². The molecule has 3 nitrogen and oxygen atoms in total. The van der Waals surface area contributed by atoms with Crippen molar-refractivity contribution in [1.29, 1.82) is 0 Å². The number of aliphatic hydroxyl groups excluding tert-OH is 1. The van der Waals surface area contributed by atoms with E-state index < -0.39 is 0 Å². The summed E-state index contributed by atoms with van der Waals surface area (Å²) in [7, 11) is 0. The Bertz CT molecular complexity index is 596. The first-order valence-electron chi connectivity index (χ1n) is 8.04. The molecule has 1 aliphatic carbocycles. The topological polar surface area (TPSA) is 45.4 Å². The third kappa shape index (κ3) is 2.99. The molecule has 0 amide bonds. The zero-order valence-corrected chi connectivity index (χ0v) is 12.9. The van der Waals surface area contributed by atoms with Crippen molar-refractivity contribution < 1.29 is 9.52 Å². The largest absolute Gasteiger partial charge is 0.459 e. The number of fused-ring (bicyclic) bond motifs is 1. The molecule has 0 bridgehead atoms. The van der Waals surface area contributed by atoms with Gasteiger partial charge in [-0.25, -0.2) is 0 Å². The van der Waals surface area contributed by atoms with Crippen LogP contribution in [0.15, 0.2) is 28.7 Å². The van der Waals surface area contributed by atoms with Gasteiger partial charge in [0.15, 0.2) is 0 Å². The van der Waals surface area contributed by atoms with Crippen LogP contribution in [0.3, 0.4) is 0 Å². The van der Waals surface area contributed by atoms with Gasteiger partial charge in [-0.2, -0.15) is 0 Å². The molecule has 0 aliphatic heterocycles. The van der Waals surface area contributed by atoms with E-state index in [1.54, 1.807) is 0 Å².